The van der Waals surface area contributed by atoms with Crippen molar-refractivity contribution in [2.75, 3.05) is 0 Å². The number of nitrogens with one attached hydrogen (secondary N) is 1. The number of fused-ring (bicyclic) bond motifs is 1. The number of carboxylic acid groups (broad SMARTS) is 1. The normalized spacial score (nSPS) is 19.1. The van der Waals surface area contributed by atoms with Gasteiger partial charge in [-0.1, -0.05) is 31.2 Å². The van der Waals surface area contributed by atoms with Gasteiger partial charge in [0.1, 0.15) is 6.04 Å². The van der Waals surface area contributed by atoms with E-state index in [1.54, 1.807) is 19.3 Å². The van der Waals surface area contributed by atoms with Gasteiger partial charge in [0.25, 0.3) is 0 Å². The third kappa shape index (κ3) is 4.64. The van der Waals surface area contributed by atoms with Crippen LogP contribution in [0.2, 0.25) is 0 Å². The molecule has 1 heterocycles. The number of halogens is 2. The van der Waals surface area contributed by atoms with Crippen molar-refractivity contribution in [3.05, 3.63) is 42.2 Å². The topological polar surface area (TPSA) is 79.3 Å². The first kappa shape index (κ1) is 20.2. The highest BCUT2D eigenvalue weighted by Crippen LogP contribution is 2.37. The highest BCUT2D eigenvalue weighted by molar-refractivity contribution is 5.87. The number of hydrogen-bond donors (Lipinski definition) is 2. The largest absolute Gasteiger partial charge is 0.480 e. The molecule has 1 fully saturated rings. The van der Waals surface area contributed by atoms with E-state index in [9.17, 15) is 23.5 Å². The lowest BCUT2D eigenvalue weighted by Gasteiger charge is -2.32. The van der Waals surface area contributed by atoms with Crippen LogP contribution in [0.15, 0.2) is 36.7 Å². The molecule has 1 aromatic heterocycles. The summed E-state index contributed by atoms with van der Waals surface area (Å²) in [6, 6.07) is 6.58. The minimum atomic E-state index is -2.74. The summed E-state index contributed by atoms with van der Waals surface area (Å²) in [5.41, 5.74) is 0.907. The monoisotopic (exact) mass is 390 g/mol. The fraction of sp³-hybridized carbons (Fsp3) is 0.476. The van der Waals surface area contributed by atoms with E-state index in [-0.39, 0.29) is 25.7 Å². The lowest BCUT2D eigenvalue weighted by molar-refractivity contribution is -0.145. The van der Waals surface area contributed by atoms with Crippen molar-refractivity contribution in [3.63, 3.8) is 0 Å². The predicted molar refractivity (Wildman–Crippen MR) is 101 cm³/mol. The standard InChI is InChI=1S/C21H24F2N2O3/c1-13(10-16-12-24-11-15-4-2-3-5-17(15)16)19(26)25-18(20(27)28)14-6-8-21(22,23)9-7-14/h2-5,11-14,18H,6-10H2,1H3,(H,25,26)(H,27,28). The molecule has 2 aromatic rings. The smallest absolute Gasteiger partial charge is 0.326 e. The third-order valence-electron chi connectivity index (χ3n) is 5.52. The summed E-state index contributed by atoms with van der Waals surface area (Å²) >= 11 is 0. The molecule has 0 bridgehead atoms. The first-order chi connectivity index (χ1) is 13.3. The molecular formula is C21H24F2N2O3. The fourth-order valence-corrected chi connectivity index (χ4v) is 3.84. The van der Waals surface area contributed by atoms with Gasteiger partial charge in [0.2, 0.25) is 11.8 Å². The zero-order chi connectivity index (χ0) is 20.3. The first-order valence-corrected chi connectivity index (χ1v) is 9.49. The minimum absolute atomic E-state index is 0.0892. The quantitative estimate of drug-likeness (QED) is 0.786. The lowest BCUT2D eigenvalue weighted by atomic mass is 9.81. The molecule has 5 nitrogen and oxygen atoms in total. The number of carbonyl (C=O) groups excluding carboxylic acids is 1. The molecule has 2 atom stereocenters. The highest BCUT2D eigenvalue weighted by Gasteiger charge is 2.40. The fourth-order valence-electron chi connectivity index (χ4n) is 3.84. The van der Waals surface area contributed by atoms with Crippen LogP contribution in [-0.4, -0.2) is 33.9 Å². The van der Waals surface area contributed by atoms with Crippen LogP contribution in [0, 0.1) is 11.8 Å². The highest BCUT2D eigenvalue weighted by atomic mass is 19.3. The Morgan fingerprint density at radius 3 is 2.61 bits per heavy atom. The van der Waals surface area contributed by atoms with Crippen molar-refractivity contribution >= 4 is 22.6 Å². The van der Waals surface area contributed by atoms with E-state index < -0.39 is 35.7 Å². The van der Waals surface area contributed by atoms with E-state index in [4.69, 9.17) is 0 Å². The van der Waals surface area contributed by atoms with E-state index in [1.165, 1.54) is 0 Å². The van der Waals surface area contributed by atoms with Crippen LogP contribution in [0.3, 0.4) is 0 Å². The molecule has 1 amide bonds. The number of carbonyl (C=O) groups is 2. The van der Waals surface area contributed by atoms with Crippen molar-refractivity contribution in [1.29, 1.82) is 0 Å². The molecule has 28 heavy (non-hydrogen) atoms. The maximum absolute atomic E-state index is 13.4. The molecule has 1 saturated carbocycles. The van der Waals surface area contributed by atoms with Gasteiger partial charge in [-0.25, -0.2) is 13.6 Å². The second-order valence-corrected chi connectivity index (χ2v) is 7.64. The molecule has 3 rings (SSSR count). The Morgan fingerprint density at radius 2 is 1.93 bits per heavy atom. The molecule has 1 aliphatic carbocycles. The number of hydrogen-bond acceptors (Lipinski definition) is 3. The predicted octanol–water partition coefficient (Wildman–Crippen LogP) is 3.81. The Morgan fingerprint density at radius 1 is 1.25 bits per heavy atom. The second kappa shape index (κ2) is 8.20. The molecule has 0 saturated heterocycles. The summed E-state index contributed by atoms with van der Waals surface area (Å²) in [6.07, 6.45) is 3.38. The van der Waals surface area contributed by atoms with Gasteiger partial charge in [-0.2, -0.15) is 0 Å². The third-order valence-corrected chi connectivity index (χ3v) is 5.52. The summed E-state index contributed by atoms with van der Waals surface area (Å²) in [6.45, 7) is 1.73. The average Bonchev–Trinajstić information content (AvgIpc) is 2.66. The summed E-state index contributed by atoms with van der Waals surface area (Å²) in [7, 11) is 0. The van der Waals surface area contributed by atoms with E-state index in [0.29, 0.717) is 6.42 Å². The van der Waals surface area contributed by atoms with Gasteiger partial charge >= 0.3 is 5.97 Å². The number of carboxylic acids is 1. The van der Waals surface area contributed by atoms with Crippen LogP contribution in [-0.2, 0) is 16.0 Å². The van der Waals surface area contributed by atoms with Crippen molar-refractivity contribution in [3.8, 4) is 0 Å². The number of nitrogens with zero attached hydrogens (tertiary/aromatic N) is 1. The number of benzene rings is 1. The Bertz CT molecular complexity index is 856. The van der Waals surface area contributed by atoms with E-state index in [0.717, 1.165) is 16.3 Å². The maximum Gasteiger partial charge on any atom is 0.326 e. The number of alkyl halides is 2. The number of pyridine rings is 1. The summed E-state index contributed by atoms with van der Waals surface area (Å²) in [5.74, 6) is -5.26. The van der Waals surface area contributed by atoms with Crippen molar-refractivity contribution in [1.82, 2.24) is 10.3 Å². The van der Waals surface area contributed by atoms with E-state index in [2.05, 4.69) is 10.3 Å². The maximum atomic E-state index is 13.4. The van der Waals surface area contributed by atoms with Crippen LogP contribution in [0.4, 0.5) is 8.78 Å². The van der Waals surface area contributed by atoms with E-state index >= 15 is 0 Å². The number of rotatable bonds is 6. The SMILES string of the molecule is CC(Cc1cncc2ccccc12)C(=O)NC(C(=O)O)C1CCC(F)(F)CC1. The molecule has 150 valence electrons. The van der Waals surface area contributed by atoms with Gasteiger partial charge in [-0.15, -0.1) is 0 Å². The van der Waals surface area contributed by atoms with Crippen molar-refractivity contribution in [2.45, 2.75) is 51.0 Å². The molecule has 0 spiro atoms. The summed E-state index contributed by atoms with van der Waals surface area (Å²) in [4.78, 5) is 28.5. The van der Waals surface area contributed by atoms with E-state index in [1.807, 2.05) is 24.3 Å². The summed E-state index contributed by atoms with van der Waals surface area (Å²) in [5, 5.41) is 14.1. The molecule has 2 N–H and O–H groups in total. The van der Waals surface area contributed by atoms with Gasteiger partial charge in [-0.3, -0.25) is 9.78 Å². The van der Waals surface area contributed by atoms with Crippen LogP contribution in [0.25, 0.3) is 10.8 Å². The minimum Gasteiger partial charge on any atom is -0.480 e. The van der Waals surface area contributed by atoms with Crippen LogP contribution < -0.4 is 5.32 Å². The lowest BCUT2D eigenvalue weighted by Crippen LogP contribution is -2.49. The van der Waals surface area contributed by atoms with Gasteiger partial charge < -0.3 is 10.4 Å². The Kier molecular flexibility index (Phi) is 5.91. The Labute approximate surface area is 162 Å². The van der Waals surface area contributed by atoms with Crippen LogP contribution in [0.5, 0.6) is 0 Å². The summed E-state index contributed by atoms with van der Waals surface area (Å²) < 4.78 is 26.7. The molecule has 7 heteroatoms. The van der Waals surface area contributed by atoms with Crippen LogP contribution in [0.1, 0.15) is 38.2 Å². The molecule has 2 unspecified atom stereocenters. The zero-order valence-corrected chi connectivity index (χ0v) is 15.7. The van der Waals surface area contributed by atoms with Gasteiger partial charge in [-0.05, 0) is 36.1 Å². The molecule has 1 aliphatic rings. The Hall–Kier alpha value is -2.57. The molecule has 1 aromatic carbocycles. The van der Waals surface area contributed by atoms with Gasteiger partial charge in [0, 0.05) is 36.5 Å². The van der Waals surface area contributed by atoms with Gasteiger partial charge in [0.05, 0.1) is 0 Å². The number of amides is 1. The van der Waals surface area contributed by atoms with Crippen molar-refractivity contribution < 1.29 is 23.5 Å². The Balaban J connectivity index is 1.67. The van der Waals surface area contributed by atoms with Crippen molar-refractivity contribution in [2.24, 2.45) is 11.8 Å². The van der Waals surface area contributed by atoms with Crippen LogP contribution >= 0.6 is 0 Å². The molecule has 0 aliphatic heterocycles. The molecular weight excluding hydrogens is 366 g/mol. The first-order valence-electron chi connectivity index (χ1n) is 9.49. The average molecular weight is 390 g/mol. The molecule has 0 radical (unpaired) electrons. The zero-order valence-electron chi connectivity index (χ0n) is 15.7. The number of aliphatic carboxylic acids is 1. The van der Waals surface area contributed by atoms with Gasteiger partial charge in [0.15, 0.2) is 0 Å². The second-order valence-electron chi connectivity index (χ2n) is 7.64. The number of aromatic nitrogens is 1.